The molecule has 0 atom stereocenters. The number of benzene rings is 3. The van der Waals surface area contributed by atoms with Crippen LogP contribution in [0.25, 0.3) is 0 Å². The molecule has 6 nitrogen and oxygen atoms in total. The van der Waals surface area contributed by atoms with Crippen molar-refractivity contribution in [2.75, 3.05) is 16.8 Å². The zero-order valence-corrected chi connectivity index (χ0v) is 19.9. The lowest BCUT2D eigenvalue weighted by atomic mass is 10.1. The van der Waals surface area contributed by atoms with Crippen LogP contribution in [0.4, 0.5) is 11.4 Å². The number of hydrogen-bond acceptors (Lipinski definition) is 4. The normalized spacial score (nSPS) is 13.4. The molecule has 3 aromatic rings. The van der Waals surface area contributed by atoms with Gasteiger partial charge in [0.05, 0.1) is 10.7 Å². The van der Waals surface area contributed by atoms with Gasteiger partial charge in [-0.25, -0.2) is 4.90 Å². The predicted molar refractivity (Wildman–Crippen MR) is 134 cm³/mol. The van der Waals surface area contributed by atoms with Crippen molar-refractivity contribution in [3.63, 3.8) is 0 Å². The molecule has 3 amide bonds. The number of anilines is 2. The molecule has 0 saturated heterocycles. The third-order valence-corrected chi connectivity index (χ3v) is 6.04. The summed E-state index contributed by atoms with van der Waals surface area (Å²) in [5, 5.41) is 5.96. The fourth-order valence-corrected chi connectivity index (χ4v) is 3.98. The van der Waals surface area contributed by atoms with Gasteiger partial charge >= 0.3 is 0 Å². The van der Waals surface area contributed by atoms with Crippen LogP contribution in [-0.4, -0.2) is 24.3 Å². The molecule has 0 saturated carbocycles. The van der Waals surface area contributed by atoms with Gasteiger partial charge in [0.15, 0.2) is 0 Å². The monoisotopic (exact) mass is 513 g/mol. The Hall–Kier alpha value is -3.32. The van der Waals surface area contributed by atoms with Crippen molar-refractivity contribution in [1.82, 2.24) is 5.32 Å². The number of amides is 3. The van der Waals surface area contributed by atoms with Gasteiger partial charge in [0.1, 0.15) is 10.7 Å². The first-order chi connectivity index (χ1) is 16.3. The second-order valence-corrected chi connectivity index (χ2v) is 8.65. The first-order valence-corrected chi connectivity index (χ1v) is 11.4. The van der Waals surface area contributed by atoms with E-state index in [0.29, 0.717) is 22.8 Å². The molecule has 9 heteroatoms. The Morgan fingerprint density at radius 1 is 0.853 bits per heavy atom. The molecule has 1 aliphatic rings. The van der Waals surface area contributed by atoms with Crippen molar-refractivity contribution in [3.05, 3.63) is 105 Å². The molecule has 0 bridgehead atoms. The minimum Gasteiger partial charge on any atom is -0.352 e. The molecule has 172 valence electrons. The molecular weight excluding hydrogens is 497 g/mol. The standard InChI is InChI=1S/C25H18Cl3N3O3/c26-17-8-11-19(27)20(14-17)31-24(33)21(28)22(25(31)34)30-18-9-6-16(7-10-18)23(32)29-13-12-15-4-2-1-3-5-15/h1-11,14,30H,12-13H2,(H,29,32). The largest absolute Gasteiger partial charge is 0.352 e. The van der Waals surface area contributed by atoms with E-state index in [1.807, 2.05) is 30.3 Å². The topological polar surface area (TPSA) is 78.5 Å². The van der Waals surface area contributed by atoms with Crippen LogP contribution >= 0.6 is 34.8 Å². The third-order valence-electron chi connectivity index (χ3n) is 5.13. The third kappa shape index (κ3) is 5.09. The summed E-state index contributed by atoms with van der Waals surface area (Å²) in [7, 11) is 0. The van der Waals surface area contributed by atoms with Gasteiger partial charge in [-0.2, -0.15) is 0 Å². The molecule has 1 aliphatic heterocycles. The average molecular weight is 515 g/mol. The van der Waals surface area contributed by atoms with Crippen LogP contribution in [0.5, 0.6) is 0 Å². The van der Waals surface area contributed by atoms with E-state index in [1.165, 1.54) is 12.1 Å². The molecule has 34 heavy (non-hydrogen) atoms. The van der Waals surface area contributed by atoms with Crippen molar-refractivity contribution in [1.29, 1.82) is 0 Å². The number of nitrogens with one attached hydrogen (secondary N) is 2. The first-order valence-electron chi connectivity index (χ1n) is 10.3. The highest BCUT2D eigenvalue weighted by atomic mass is 35.5. The number of carbonyl (C=O) groups excluding carboxylic acids is 3. The minimum absolute atomic E-state index is 0.0947. The van der Waals surface area contributed by atoms with E-state index in [1.54, 1.807) is 30.3 Å². The van der Waals surface area contributed by atoms with Crippen LogP contribution in [0.2, 0.25) is 10.0 Å². The van der Waals surface area contributed by atoms with Crippen LogP contribution in [0.15, 0.2) is 83.5 Å². The first kappa shape index (κ1) is 23.8. The SMILES string of the molecule is O=C(NCCc1ccccc1)c1ccc(NC2=C(Cl)C(=O)N(c3cc(Cl)ccc3Cl)C2=O)cc1. The molecular formula is C25H18Cl3N3O3. The zero-order chi connectivity index (χ0) is 24.2. The van der Waals surface area contributed by atoms with E-state index in [-0.39, 0.29) is 27.3 Å². The number of nitrogens with zero attached hydrogens (tertiary/aromatic N) is 1. The molecule has 0 fully saturated rings. The predicted octanol–water partition coefficient (Wildman–Crippen LogP) is 5.40. The van der Waals surface area contributed by atoms with Gasteiger partial charge in [0.2, 0.25) is 0 Å². The highest BCUT2D eigenvalue weighted by Crippen LogP contribution is 2.35. The van der Waals surface area contributed by atoms with E-state index in [0.717, 1.165) is 16.9 Å². The highest BCUT2D eigenvalue weighted by Gasteiger charge is 2.40. The maximum absolute atomic E-state index is 12.9. The molecule has 2 N–H and O–H groups in total. The summed E-state index contributed by atoms with van der Waals surface area (Å²) in [6, 6.07) is 20.8. The van der Waals surface area contributed by atoms with E-state index >= 15 is 0 Å². The molecule has 0 aliphatic carbocycles. The molecule has 0 spiro atoms. The smallest absolute Gasteiger partial charge is 0.283 e. The van der Waals surface area contributed by atoms with Crippen molar-refractivity contribution in [2.24, 2.45) is 0 Å². The van der Waals surface area contributed by atoms with Crippen molar-refractivity contribution >= 4 is 63.9 Å². The van der Waals surface area contributed by atoms with Gasteiger partial charge in [0, 0.05) is 22.8 Å². The molecule has 0 radical (unpaired) electrons. The zero-order valence-electron chi connectivity index (χ0n) is 17.6. The van der Waals surface area contributed by atoms with Gasteiger partial charge in [-0.3, -0.25) is 14.4 Å². The maximum atomic E-state index is 12.9. The summed E-state index contributed by atoms with van der Waals surface area (Å²) in [6.07, 6.45) is 0.724. The lowest BCUT2D eigenvalue weighted by Crippen LogP contribution is -2.32. The van der Waals surface area contributed by atoms with Gasteiger partial charge in [0.25, 0.3) is 17.7 Å². The van der Waals surface area contributed by atoms with Crippen LogP contribution in [0, 0.1) is 0 Å². The second-order valence-electron chi connectivity index (χ2n) is 7.42. The summed E-state index contributed by atoms with van der Waals surface area (Å²) >= 11 is 18.3. The van der Waals surface area contributed by atoms with Crippen LogP contribution in [0.1, 0.15) is 15.9 Å². The van der Waals surface area contributed by atoms with Crippen molar-refractivity contribution < 1.29 is 14.4 Å². The lowest BCUT2D eigenvalue weighted by Gasteiger charge is -2.17. The van der Waals surface area contributed by atoms with E-state index in [2.05, 4.69) is 10.6 Å². The minimum atomic E-state index is -0.715. The Balaban J connectivity index is 1.41. The van der Waals surface area contributed by atoms with E-state index in [9.17, 15) is 14.4 Å². The van der Waals surface area contributed by atoms with Crippen LogP contribution < -0.4 is 15.5 Å². The molecule has 4 rings (SSSR count). The Bertz CT molecular complexity index is 1290. The van der Waals surface area contributed by atoms with Gasteiger partial charge in [-0.1, -0.05) is 65.1 Å². The summed E-state index contributed by atoms with van der Waals surface area (Å²) in [5.41, 5.74) is 2.12. The number of rotatable bonds is 7. The summed E-state index contributed by atoms with van der Waals surface area (Å²) < 4.78 is 0. The van der Waals surface area contributed by atoms with E-state index < -0.39 is 11.8 Å². The Morgan fingerprint density at radius 2 is 1.56 bits per heavy atom. The number of carbonyl (C=O) groups is 3. The Kier molecular flexibility index (Phi) is 7.22. The summed E-state index contributed by atoms with van der Waals surface area (Å²) in [6.45, 7) is 0.504. The Labute approximate surface area is 211 Å². The molecule has 0 aromatic heterocycles. The van der Waals surface area contributed by atoms with Gasteiger partial charge in [-0.05, 0) is 54.4 Å². The fraction of sp³-hybridized carbons (Fsp3) is 0.0800. The van der Waals surface area contributed by atoms with Gasteiger partial charge in [-0.15, -0.1) is 0 Å². The molecule has 1 heterocycles. The number of halogens is 3. The second kappa shape index (κ2) is 10.3. The molecule has 3 aromatic carbocycles. The Morgan fingerprint density at radius 3 is 2.26 bits per heavy atom. The van der Waals surface area contributed by atoms with Gasteiger partial charge < -0.3 is 10.6 Å². The fourth-order valence-electron chi connectivity index (χ4n) is 3.40. The summed E-state index contributed by atoms with van der Waals surface area (Å²) in [5.74, 6) is -1.59. The number of hydrogen-bond donors (Lipinski definition) is 2. The van der Waals surface area contributed by atoms with Crippen LogP contribution in [0.3, 0.4) is 0 Å². The summed E-state index contributed by atoms with van der Waals surface area (Å²) in [4.78, 5) is 38.9. The molecule has 0 unspecified atom stereocenters. The van der Waals surface area contributed by atoms with Crippen LogP contribution in [-0.2, 0) is 16.0 Å². The quantitative estimate of drug-likeness (QED) is 0.414. The number of imide groups is 1. The average Bonchev–Trinajstić information content (AvgIpc) is 3.04. The van der Waals surface area contributed by atoms with Crippen molar-refractivity contribution in [2.45, 2.75) is 6.42 Å². The maximum Gasteiger partial charge on any atom is 0.283 e. The van der Waals surface area contributed by atoms with Crippen molar-refractivity contribution in [3.8, 4) is 0 Å². The van der Waals surface area contributed by atoms with E-state index in [4.69, 9.17) is 34.8 Å². The highest BCUT2D eigenvalue weighted by molar-refractivity contribution is 6.54. The lowest BCUT2D eigenvalue weighted by molar-refractivity contribution is -0.120.